The normalized spacial score (nSPS) is 13.2. The van der Waals surface area contributed by atoms with Gasteiger partial charge in [0.05, 0.1) is 43.5 Å². The van der Waals surface area contributed by atoms with E-state index < -0.39 is 16.6 Å². The van der Waals surface area contributed by atoms with Gasteiger partial charge in [0.2, 0.25) is 5.91 Å². The molecule has 2 N–H and O–H groups in total. The van der Waals surface area contributed by atoms with E-state index in [9.17, 15) is 19.3 Å². The molecule has 0 radical (unpaired) electrons. The van der Waals surface area contributed by atoms with Crippen molar-refractivity contribution in [2.45, 2.75) is 6.42 Å². The van der Waals surface area contributed by atoms with Crippen LogP contribution < -0.4 is 10.6 Å². The van der Waals surface area contributed by atoms with Gasteiger partial charge in [0.25, 0.3) is 0 Å². The van der Waals surface area contributed by atoms with Gasteiger partial charge in [-0.3, -0.25) is 4.79 Å². The molecule has 4 rings (SSSR count). The van der Waals surface area contributed by atoms with Crippen LogP contribution in [0, 0.1) is 28.3 Å². The number of anilines is 3. The minimum absolute atomic E-state index is 0.103. The van der Waals surface area contributed by atoms with E-state index in [1.165, 1.54) is 43.0 Å². The van der Waals surface area contributed by atoms with E-state index in [1.807, 2.05) is 14.1 Å². The molecule has 12 heteroatoms. The first kappa shape index (κ1) is 26.1. The summed E-state index contributed by atoms with van der Waals surface area (Å²) < 4.78 is 14.2. The van der Waals surface area contributed by atoms with Crippen LogP contribution in [0.5, 0.6) is 0 Å². The Balaban J connectivity index is 1.43. The van der Waals surface area contributed by atoms with E-state index in [-0.39, 0.29) is 17.2 Å². The highest BCUT2D eigenvalue weighted by atomic mass is 19.1. The summed E-state index contributed by atoms with van der Waals surface area (Å²) >= 11 is 0. The van der Waals surface area contributed by atoms with Gasteiger partial charge in [-0.1, -0.05) is 10.9 Å². The molecule has 1 aliphatic heterocycles. The van der Waals surface area contributed by atoms with Gasteiger partial charge in [-0.2, -0.15) is 0 Å². The van der Waals surface area contributed by atoms with Crippen LogP contribution in [0.25, 0.3) is 10.9 Å². The number of quaternary nitrogens is 1. The molecule has 1 aliphatic rings. The quantitative estimate of drug-likeness (QED) is 0.147. The first-order valence-electron chi connectivity index (χ1n) is 11.5. The summed E-state index contributed by atoms with van der Waals surface area (Å²) in [5.74, 6) is 2.01. The molecule has 0 spiro atoms. The fourth-order valence-corrected chi connectivity index (χ4v) is 3.91. The number of aromatic nitrogens is 3. The Hall–Kier alpha value is -5.02. The maximum absolute atomic E-state index is 13.7. The third-order valence-electron chi connectivity index (χ3n) is 5.69. The lowest BCUT2D eigenvalue weighted by molar-refractivity contribution is -0.880. The number of hydrogen-bond donors (Lipinski definition) is 2. The van der Waals surface area contributed by atoms with Crippen LogP contribution in [0.1, 0.15) is 12.0 Å². The fourth-order valence-electron chi connectivity index (χ4n) is 3.91. The number of benzene rings is 1. The van der Waals surface area contributed by atoms with Crippen molar-refractivity contribution < 1.29 is 18.6 Å². The van der Waals surface area contributed by atoms with Crippen molar-refractivity contribution in [3.63, 3.8) is 0 Å². The molecule has 2 aromatic heterocycles. The van der Waals surface area contributed by atoms with Crippen molar-refractivity contribution in [2.75, 3.05) is 37.8 Å². The Labute approximate surface area is 217 Å². The van der Waals surface area contributed by atoms with E-state index in [0.717, 1.165) is 0 Å². The number of hydrogen-bond acceptors (Lipinski definition) is 8. The average Bonchev–Trinajstić information content (AvgIpc) is 3.33. The van der Waals surface area contributed by atoms with Crippen LogP contribution in [0.3, 0.4) is 0 Å². The minimum atomic E-state index is -0.499. The van der Waals surface area contributed by atoms with Crippen LogP contribution in [0.15, 0.2) is 65.3 Å². The molecule has 3 heterocycles. The summed E-state index contributed by atoms with van der Waals surface area (Å²) in [7, 11) is 3.83. The predicted octanol–water partition coefficient (Wildman–Crippen LogP) is 3.42. The van der Waals surface area contributed by atoms with Crippen LogP contribution in [-0.2, 0) is 4.79 Å². The van der Waals surface area contributed by atoms with E-state index in [0.29, 0.717) is 52.0 Å². The minimum Gasteiger partial charge on any atom is -0.358 e. The van der Waals surface area contributed by atoms with E-state index >= 15 is 0 Å². The van der Waals surface area contributed by atoms with Gasteiger partial charge in [0.1, 0.15) is 36.5 Å². The molecule has 0 saturated heterocycles. The highest BCUT2D eigenvalue weighted by Gasteiger charge is 2.28. The Morgan fingerprint density at radius 3 is 2.87 bits per heavy atom. The number of aliphatic imine (C=N–C) groups is 1. The number of nitrogens with zero attached hydrogens (tertiary/aromatic N) is 6. The van der Waals surface area contributed by atoms with Crippen molar-refractivity contribution >= 4 is 40.3 Å². The number of carbonyl (C=O) groups is 1. The predicted molar refractivity (Wildman–Crippen MR) is 142 cm³/mol. The number of terminal acetylenes is 1. The number of carbonyl (C=O) groups excluding carboxylic acids is 1. The molecule has 1 amide bonds. The number of halogens is 1. The molecule has 3 aromatic rings. The largest absolute Gasteiger partial charge is 0.368 e. The topological polar surface area (TPSA) is 135 Å². The molecule has 0 bridgehead atoms. The number of rotatable bonds is 9. The zero-order chi connectivity index (χ0) is 27.3. The first-order valence-corrected chi connectivity index (χ1v) is 11.5. The summed E-state index contributed by atoms with van der Waals surface area (Å²) in [4.78, 5) is 39.7. The van der Waals surface area contributed by atoms with Gasteiger partial charge in [0, 0.05) is 23.6 Å². The molecular weight excluding hydrogens is 491 g/mol. The standard InChI is InChI=1S/C26H23FN8O3/c1-4-17-12-19(7-8-21(17)27)32-25-20-13-23(29-14-22(20)30-16-31-25)33-24(36)6-5-11-35(2,3)15-18-9-10-28-26(18)34(37)38/h1,5-8,10,12-14,16H,9,11,15H2,2-3H3,(H-,29,30,31,32,33,36)/p+1/b6-5+. The second kappa shape index (κ2) is 10.9. The van der Waals surface area contributed by atoms with E-state index in [1.54, 1.807) is 12.1 Å². The molecule has 0 unspecified atom stereocenters. The first-order chi connectivity index (χ1) is 18.1. The van der Waals surface area contributed by atoms with Crippen LogP contribution in [0.2, 0.25) is 0 Å². The maximum atomic E-state index is 13.7. The average molecular weight is 516 g/mol. The second-order valence-electron chi connectivity index (χ2n) is 9.14. The SMILES string of the molecule is C#Cc1cc(Nc2ncnc3cnc(NC(=O)/C=C/C[N+](C)(C)CC4=C([N+](=O)[O-])N=CC4)cc23)ccc1F. The Morgan fingerprint density at radius 2 is 2.11 bits per heavy atom. The van der Waals surface area contributed by atoms with Crippen molar-refractivity contribution in [1.29, 1.82) is 0 Å². The number of nitro groups is 1. The summed E-state index contributed by atoms with van der Waals surface area (Å²) in [6.07, 6.45) is 13.3. The molecule has 11 nitrogen and oxygen atoms in total. The summed E-state index contributed by atoms with van der Waals surface area (Å²) in [5.41, 5.74) is 1.84. The van der Waals surface area contributed by atoms with Crippen LogP contribution >= 0.6 is 0 Å². The Morgan fingerprint density at radius 1 is 1.29 bits per heavy atom. The van der Waals surface area contributed by atoms with Gasteiger partial charge >= 0.3 is 5.82 Å². The summed E-state index contributed by atoms with van der Waals surface area (Å²) in [5, 5.41) is 17.5. The second-order valence-corrected chi connectivity index (χ2v) is 9.14. The highest BCUT2D eigenvalue weighted by Crippen LogP contribution is 2.25. The molecule has 0 saturated carbocycles. The number of pyridine rings is 1. The summed E-state index contributed by atoms with van der Waals surface area (Å²) in [6.45, 7) is 0.896. The third kappa shape index (κ3) is 6.21. The Bertz CT molecular complexity index is 1560. The molecule has 38 heavy (non-hydrogen) atoms. The highest BCUT2D eigenvalue weighted by molar-refractivity contribution is 6.00. The molecule has 0 fully saturated rings. The van der Waals surface area contributed by atoms with Gasteiger partial charge in [-0.25, -0.2) is 19.3 Å². The summed E-state index contributed by atoms with van der Waals surface area (Å²) in [6, 6.07) is 5.92. The van der Waals surface area contributed by atoms with E-state index in [4.69, 9.17) is 6.42 Å². The third-order valence-corrected chi connectivity index (χ3v) is 5.69. The van der Waals surface area contributed by atoms with E-state index in [2.05, 4.69) is 36.5 Å². The number of nitrogens with one attached hydrogen (secondary N) is 2. The van der Waals surface area contributed by atoms with Crippen LogP contribution in [-0.4, -0.2) is 63.7 Å². The lowest BCUT2D eigenvalue weighted by Crippen LogP contribution is -2.41. The number of amides is 1. The lowest BCUT2D eigenvalue weighted by atomic mass is 10.2. The molecule has 0 atom stereocenters. The van der Waals surface area contributed by atoms with Gasteiger partial charge in [-0.15, -0.1) is 6.42 Å². The molecule has 1 aromatic carbocycles. The van der Waals surface area contributed by atoms with Crippen molar-refractivity contribution in [2.24, 2.45) is 4.99 Å². The lowest BCUT2D eigenvalue weighted by Gasteiger charge is -2.28. The maximum Gasteiger partial charge on any atom is 0.368 e. The molecule has 192 valence electrons. The van der Waals surface area contributed by atoms with Crippen molar-refractivity contribution in [1.82, 2.24) is 15.0 Å². The van der Waals surface area contributed by atoms with Gasteiger partial charge in [-0.05, 0) is 35.3 Å². The smallest absolute Gasteiger partial charge is 0.358 e. The van der Waals surface area contributed by atoms with Gasteiger partial charge in [0.15, 0.2) is 0 Å². The number of fused-ring (bicyclic) bond motifs is 1. The van der Waals surface area contributed by atoms with Gasteiger partial charge < -0.3 is 25.2 Å². The zero-order valence-corrected chi connectivity index (χ0v) is 20.7. The van der Waals surface area contributed by atoms with Crippen molar-refractivity contribution in [3.05, 3.63) is 81.8 Å². The monoisotopic (exact) mass is 515 g/mol. The molecular formula is C26H24FN8O3+. The zero-order valence-electron chi connectivity index (χ0n) is 20.7. The van der Waals surface area contributed by atoms with Crippen molar-refractivity contribution in [3.8, 4) is 12.3 Å². The Kier molecular flexibility index (Phi) is 7.50. The fraction of sp³-hybridized carbons (Fsp3) is 0.192. The molecule has 0 aliphatic carbocycles. The van der Waals surface area contributed by atoms with Crippen LogP contribution in [0.4, 0.5) is 21.7 Å². The number of likely N-dealkylation sites (N-methyl/N-ethyl adjacent to an activating group) is 1.